The Balaban J connectivity index is 1.75. The Labute approximate surface area is 104 Å². The lowest BCUT2D eigenvalue weighted by atomic mass is 9.96. The van der Waals surface area contributed by atoms with Gasteiger partial charge in [-0.1, -0.05) is 24.3 Å². The average Bonchev–Trinajstić information content (AvgIpc) is 2.34. The zero-order valence-corrected chi connectivity index (χ0v) is 10.8. The quantitative estimate of drug-likeness (QED) is 0.777. The molecule has 1 heterocycles. The van der Waals surface area contributed by atoms with Gasteiger partial charge in [0.15, 0.2) is 0 Å². The molecule has 3 heteroatoms. The van der Waals surface area contributed by atoms with Gasteiger partial charge in [-0.3, -0.25) is 0 Å². The number of hydrogen-bond acceptors (Lipinski definition) is 3. The van der Waals surface area contributed by atoms with E-state index >= 15 is 0 Å². The number of ether oxygens (including phenoxy) is 1. The van der Waals surface area contributed by atoms with Crippen LogP contribution in [0.5, 0.6) is 0 Å². The second-order valence-electron chi connectivity index (χ2n) is 4.93. The minimum atomic E-state index is 0.465. The molecular weight excluding hydrogens is 212 g/mol. The van der Waals surface area contributed by atoms with Crippen molar-refractivity contribution in [3.8, 4) is 0 Å². The van der Waals surface area contributed by atoms with Crippen molar-refractivity contribution >= 4 is 0 Å². The standard InChI is InChI=1S/C14H22N2O/c1-16(2)7-8-17-11-14-9-12-5-3-4-6-13(12)10-15-14/h3-6,14-15H,7-11H2,1-2H3/t14-/m0/s1. The molecule has 0 aromatic heterocycles. The molecule has 2 rings (SSSR count). The van der Waals surface area contributed by atoms with Gasteiger partial charge in [0.25, 0.3) is 0 Å². The molecular formula is C14H22N2O. The Morgan fingerprint density at radius 3 is 2.82 bits per heavy atom. The number of nitrogens with zero attached hydrogens (tertiary/aromatic N) is 1. The summed E-state index contributed by atoms with van der Waals surface area (Å²) < 4.78 is 5.69. The highest BCUT2D eigenvalue weighted by Crippen LogP contribution is 2.16. The number of fused-ring (bicyclic) bond motifs is 1. The van der Waals surface area contributed by atoms with Crippen LogP contribution >= 0.6 is 0 Å². The third-order valence-corrected chi connectivity index (χ3v) is 3.17. The van der Waals surface area contributed by atoms with E-state index in [0.717, 1.165) is 32.7 Å². The smallest absolute Gasteiger partial charge is 0.0623 e. The molecule has 0 unspecified atom stereocenters. The lowest BCUT2D eigenvalue weighted by Crippen LogP contribution is -2.39. The maximum atomic E-state index is 5.69. The summed E-state index contributed by atoms with van der Waals surface area (Å²) in [5, 5.41) is 3.52. The number of hydrogen-bond donors (Lipinski definition) is 1. The summed E-state index contributed by atoms with van der Waals surface area (Å²) >= 11 is 0. The van der Waals surface area contributed by atoms with Crippen molar-refractivity contribution in [2.24, 2.45) is 0 Å². The fraction of sp³-hybridized carbons (Fsp3) is 0.571. The van der Waals surface area contributed by atoms with Crippen LogP contribution in [0.2, 0.25) is 0 Å². The second-order valence-corrected chi connectivity index (χ2v) is 4.93. The van der Waals surface area contributed by atoms with Gasteiger partial charge in [0, 0.05) is 19.1 Å². The van der Waals surface area contributed by atoms with Crippen LogP contribution in [0, 0.1) is 0 Å². The van der Waals surface area contributed by atoms with Crippen molar-refractivity contribution in [1.82, 2.24) is 10.2 Å². The molecule has 1 aromatic rings. The van der Waals surface area contributed by atoms with E-state index in [9.17, 15) is 0 Å². The Morgan fingerprint density at radius 2 is 2.06 bits per heavy atom. The van der Waals surface area contributed by atoms with Gasteiger partial charge in [-0.05, 0) is 31.6 Å². The maximum Gasteiger partial charge on any atom is 0.0623 e. The van der Waals surface area contributed by atoms with E-state index in [1.165, 1.54) is 11.1 Å². The van der Waals surface area contributed by atoms with Gasteiger partial charge in [0.2, 0.25) is 0 Å². The van der Waals surface area contributed by atoms with Gasteiger partial charge in [0.1, 0.15) is 0 Å². The summed E-state index contributed by atoms with van der Waals surface area (Å²) in [5.74, 6) is 0. The minimum absolute atomic E-state index is 0.465. The maximum absolute atomic E-state index is 5.69. The molecule has 0 radical (unpaired) electrons. The van der Waals surface area contributed by atoms with Crippen LogP contribution in [0.4, 0.5) is 0 Å². The Hall–Kier alpha value is -0.900. The van der Waals surface area contributed by atoms with Gasteiger partial charge in [-0.25, -0.2) is 0 Å². The van der Waals surface area contributed by atoms with Crippen LogP contribution in [0.15, 0.2) is 24.3 Å². The highest BCUT2D eigenvalue weighted by molar-refractivity contribution is 5.29. The number of benzene rings is 1. The molecule has 0 saturated heterocycles. The first kappa shape index (κ1) is 12.6. The zero-order valence-electron chi connectivity index (χ0n) is 10.8. The van der Waals surface area contributed by atoms with E-state index in [2.05, 4.69) is 48.6 Å². The summed E-state index contributed by atoms with van der Waals surface area (Å²) in [6, 6.07) is 9.11. The summed E-state index contributed by atoms with van der Waals surface area (Å²) in [7, 11) is 4.14. The van der Waals surface area contributed by atoms with Crippen molar-refractivity contribution in [1.29, 1.82) is 0 Å². The van der Waals surface area contributed by atoms with Gasteiger partial charge in [0.05, 0.1) is 13.2 Å². The third kappa shape index (κ3) is 3.80. The molecule has 0 amide bonds. The lowest BCUT2D eigenvalue weighted by molar-refractivity contribution is 0.0957. The topological polar surface area (TPSA) is 24.5 Å². The predicted molar refractivity (Wildman–Crippen MR) is 70.1 cm³/mol. The zero-order chi connectivity index (χ0) is 12.1. The highest BCUT2D eigenvalue weighted by Gasteiger charge is 2.17. The molecule has 1 N–H and O–H groups in total. The fourth-order valence-corrected chi connectivity index (χ4v) is 2.11. The van der Waals surface area contributed by atoms with Crippen molar-refractivity contribution in [3.05, 3.63) is 35.4 Å². The van der Waals surface area contributed by atoms with Crippen LogP contribution in [0.3, 0.4) is 0 Å². The van der Waals surface area contributed by atoms with E-state index in [1.807, 2.05) is 0 Å². The molecule has 0 saturated carbocycles. The molecule has 3 nitrogen and oxygen atoms in total. The van der Waals surface area contributed by atoms with Gasteiger partial charge in [-0.15, -0.1) is 0 Å². The molecule has 0 bridgehead atoms. The fourth-order valence-electron chi connectivity index (χ4n) is 2.11. The van der Waals surface area contributed by atoms with Gasteiger partial charge in [-0.2, -0.15) is 0 Å². The molecule has 17 heavy (non-hydrogen) atoms. The van der Waals surface area contributed by atoms with E-state index < -0.39 is 0 Å². The van der Waals surface area contributed by atoms with Gasteiger partial charge >= 0.3 is 0 Å². The first-order chi connectivity index (χ1) is 8.25. The molecule has 0 aliphatic carbocycles. The third-order valence-electron chi connectivity index (χ3n) is 3.17. The Kier molecular flexibility index (Phi) is 4.54. The molecule has 1 aromatic carbocycles. The van der Waals surface area contributed by atoms with Crippen LogP contribution in [0.1, 0.15) is 11.1 Å². The molecule has 1 aliphatic rings. The van der Waals surface area contributed by atoms with Gasteiger partial charge < -0.3 is 15.0 Å². The monoisotopic (exact) mass is 234 g/mol. The predicted octanol–water partition coefficient (Wildman–Crippen LogP) is 1.28. The molecule has 94 valence electrons. The first-order valence-electron chi connectivity index (χ1n) is 6.28. The Morgan fingerprint density at radius 1 is 1.29 bits per heavy atom. The number of nitrogens with one attached hydrogen (secondary N) is 1. The number of likely N-dealkylation sites (N-methyl/N-ethyl adjacent to an activating group) is 1. The summed E-state index contributed by atoms with van der Waals surface area (Å²) in [4.78, 5) is 2.14. The summed E-state index contributed by atoms with van der Waals surface area (Å²) in [6.07, 6.45) is 1.08. The van der Waals surface area contributed by atoms with E-state index in [4.69, 9.17) is 4.74 Å². The van der Waals surface area contributed by atoms with Crippen molar-refractivity contribution in [3.63, 3.8) is 0 Å². The van der Waals surface area contributed by atoms with Crippen molar-refractivity contribution in [2.75, 3.05) is 33.9 Å². The molecule has 1 atom stereocenters. The molecule has 1 aliphatic heterocycles. The van der Waals surface area contributed by atoms with Crippen molar-refractivity contribution < 1.29 is 4.74 Å². The van der Waals surface area contributed by atoms with Crippen LogP contribution in [-0.2, 0) is 17.7 Å². The molecule has 0 spiro atoms. The summed E-state index contributed by atoms with van der Waals surface area (Å²) in [6.45, 7) is 3.58. The summed E-state index contributed by atoms with van der Waals surface area (Å²) in [5.41, 5.74) is 2.89. The minimum Gasteiger partial charge on any atom is -0.378 e. The average molecular weight is 234 g/mol. The Bertz CT molecular complexity index is 352. The second kappa shape index (κ2) is 6.15. The van der Waals surface area contributed by atoms with E-state index in [1.54, 1.807) is 0 Å². The highest BCUT2D eigenvalue weighted by atomic mass is 16.5. The first-order valence-corrected chi connectivity index (χ1v) is 6.28. The largest absolute Gasteiger partial charge is 0.378 e. The number of rotatable bonds is 5. The SMILES string of the molecule is CN(C)CCOC[C@@H]1Cc2ccccc2CN1. The lowest BCUT2D eigenvalue weighted by Gasteiger charge is -2.26. The van der Waals surface area contributed by atoms with Crippen LogP contribution in [0.25, 0.3) is 0 Å². The van der Waals surface area contributed by atoms with E-state index in [-0.39, 0.29) is 0 Å². The normalized spacial score (nSPS) is 19.4. The van der Waals surface area contributed by atoms with Crippen LogP contribution < -0.4 is 5.32 Å². The molecule has 0 fully saturated rings. The van der Waals surface area contributed by atoms with E-state index in [0.29, 0.717) is 6.04 Å². The van der Waals surface area contributed by atoms with Crippen molar-refractivity contribution in [2.45, 2.75) is 19.0 Å². The van der Waals surface area contributed by atoms with Crippen LogP contribution in [-0.4, -0.2) is 44.8 Å².